The van der Waals surface area contributed by atoms with E-state index in [1.165, 1.54) is 20.8 Å². The molecule has 0 spiro atoms. The van der Waals surface area contributed by atoms with E-state index in [0.29, 0.717) is 11.5 Å². The maximum atomic E-state index is 13.3. The van der Waals surface area contributed by atoms with Crippen molar-refractivity contribution in [3.8, 4) is 5.69 Å². The van der Waals surface area contributed by atoms with Gasteiger partial charge in [-0.05, 0) is 42.2 Å². The molecule has 0 radical (unpaired) electrons. The molecule has 29 heavy (non-hydrogen) atoms. The first-order valence-corrected chi connectivity index (χ1v) is 10.4. The van der Waals surface area contributed by atoms with Crippen molar-refractivity contribution in [2.75, 3.05) is 13.2 Å². The number of thiazole rings is 1. The Labute approximate surface area is 174 Å². The second kappa shape index (κ2) is 9.15. The molecule has 2 aromatic heterocycles. The number of aliphatic hydroxyl groups is 1. The minimum Gasteiger partial charge on any atom is -0.395 e. The Morgan fingerprint density at radius 1 is 1.31 bits per heavy atom. The largest absolute Gasteiger partial charge is 0.395 e. The number of carbonyl (C=O) groups is 1. The van der Waals surface area contributed by atoms with Crippen molar-refractivity contribution in [2.24, 2.45) is 0 Å². The molecule has 0 unspecified atom stereocenters. The molecule has 0 fully saturated rings. The van der Waals surface area contributed by atoms with Gasteiger partial charge in [0.15, 0.2) is 0 Å². The molecule has 0 aliphatic rings. The number of rotatable bonds is 7. The van der Waals surface area contributed by atoms with Crippen LogP contribution in [0, 0.1) is 6.92 Å². The average Bonchev–Trinajstić information content (AvgIpc) is 3.21. The van der Waals surface area contributed by atoms with Gasteiger partial charge in [0.25, 0.3) is 11.5 Å². The highest BCUT2D eigenvalue weighted by atomic mass is 32.1. The van der Waals surface area contributed by atoms with Crippen LogP contribution in [0.15, 0.2) is 52.9 Å². The van der Waals surface area contributed by atoms with E-state index in [9.17, 15) is 14.7 Å². The van der Waals surface area contributed by atoms with Crippen LogP contribution in [0.1, 0.15) is 46.3 Å². The highest BCUT2D eigenvalue weighted by Crippen LogP contribution is 2.18. The molecule has 0 aliphatic heterocycles. The lowest BCUT2D eigenvalue weighted by Crippen LogP contribution is -2.38. The zero-order valence-electron chi connectivity index (χ0n) is 16.8. The average molecular weight is 412 g/mol. The number of pyridine rings is 1. The van der Waals surface area contributed by atoms with E-state index in [0.717, 1.165) is 16.3 Å². The van der Waals surface area contributed by atoms with Gasteiger partial charge in [0.05, 0.1) is 13.2 Å². The second-order valence-corrected chi connectivity index (χ2v) is 8.15. The maximum Gasteiger partial charge on any atom is 0.268 e. The first-order chi connectivity index (χ1) is 13.9. The van der Waals surface area contributed by atoms with E-state index in [2.05, 4.69) is 18.8 Å². The molecular formula is C22H25N3O3S. The van der Waals surface area contributed by atoms with Crippen LogP contribution >= 0.6 is 11.3 Å². The van der Waals surface area contributed by atoms with Crippen LogP contribution in [0.3, 0.4) is 0 Å². The molecule has 2 heterocycles. The van der Waals surface area contributed by atoms with E-state index in [-0.39, 0.29) is 30.8 Å². The molecule has 1 aromatic carbocycles. The predicted octanol–water partition coefficient (Wildman–Crippen LogP) is 3.36. The lowest BCUT2D eigenvalue weighted by atomic mass is 10.0. The Bertz CT molecular complexity index is 1040. The van der Waals surface area contributed by atoms with Crippen LogP contribution < -0.4 is 5.56 Å². The van der Waals surface area contributed by atoms with Gasteiger partial charge in [-0.3, -0.25) is 14.2 Å². The molecule has 0 bridgehead atoms. The van der Waals surface area contributed by atoms with Crippen molar-refractivity contribution in [1.29, 1.82) is 0 Å². The van der Waals surface area contributed by atoms with E-state index < -0.39 is 5.91 Å². The van der Waals surface area contributed by atoms with Crippen LogP contribution in [0.5, 0.6) is 0 Å². The molecule has 1 amide bonds. The summed E-state index contributed by atoms with van der Waals surface area (Å²) in [6.07, 6.45) is 3.37. The first-order valence-electron chi connectivity index (χ1n) is 9.53. The topological polar surface area (TPSA) is 75.4 Å². The Balaban J connectivity index is 2.02. The third-order valence-electron chi connectivity index (χ3n) is 4.80. The van der Waals surface area contributed by atoms with Gasteiger partial charge in [-0.1, -0.05) is 26.0 Å². The highest BCUT2D eigenvalue weighted by Gasteiger charge is 2.23. The number of carbonyl (C=O) groups excluding carboxylic acids is 1. The summed E-state index contributed by atoms with van der Waals surface area (Å²) in [5.74, 6) is -0.0679. The SMILES string of the molecule is Cc1ccn(-c2cccc(C(C)C)c2)c(=O)c1C(=O)N(CCO)Cc1nccs1. The molecule has 0 aliphatic carbocycles. The van der Waals surface area contributed by atoms with E-state index >= 15 is 0 Å². The van der Waals surface area contributed by atoms with Crippen molar-refractivity contribution in [3.05, 3.63) is 80.2 Å². The number of hydrogen-bond acceptors (Lipinski definition) is 5. The molecule has 6 nitrogen and oxygen atoms in total. The summed E-state index contributed by atoms with van der Waals surface area (Å²) in [5, 5.41) is 12.0. The number of nitrogens with zero attached hydrogens (tertiary/aromatic N) is 3. The van der Waals surface area contributed by atoms with Crippen LogP contribution in [0.4, 0.5) is 0 Å². The second-order valence-electron chi connectivity index (χ2n) is 7.17. The molecule has 0 atom stereocenters. The van der Waals surface area contributed by atoms with Gasteiger partial charge < -0.3 is 10.0 Å². The highest BCUT2D eigenvalue weighted by molar-refractivity contribution is 7.09. The molecule has 0 saturated carbocycles. The minimum atomic E-state index is -0.397. The van der Waals surface area contributed by atoms with Crippen molar-refractivity contribution < 1.29 is 9.90 Å². The maximum absolute atomic E-state index is 13.3. The molecule has 3 rings (SSSR count). The van der Waals surface area contributed by atoms with Crippen LogP contribution in [0.2, 0.25) is 0 Å². The lowest BCUT2D eigenvalue weighted by Gasteiger charge is -2.22. The Hall–Kier alpha value is -2.77. The number of aryl methyl sites for hydroxylation is 1. The smallest absolute Gasteiger partial charge is 0.268 e. The molecule has 0 saturated heterocycles. The lowest BCUT2D eigenvalue weighted by molar-refractivity contribution is 0.0704. The van der Waals surface area contributed by atoms with Crippen LogP contribution in [-0.4, -0.2) is 38.6 Å². The van der Waals surface area contributed by atoms with Gasteiger partial charge in [0, 0.05) is 30.0 Å². The summed E-state index contributed by atoms with van der Waals surface area (Å²) in [4.78, 5) is 32.2. The minimum absolute atomic E-state index is 0.118. The fraction of sp³-hybridized carbons (Fsp3) is 0.318. The first kappa shape index (κ1) is 21.0. The quantitative estimate of drug-likeness (QED) is 0.647. The zero-order valence-corrected chi connectivity index (χ0v) is 17.6. The van der Waals surface area contributed by atoms with E-state index in [1.54, 1.807) is 25.4 Å². The van der Waals surface area contributed by atoms with Crippen molar-refractivity contribution in [3.63, 3.8) is 0 Å². The third-order valence-corrected chi connectivity index (χ3v) is 5.56. The number of aromatic nitrogens is 2. The normalized spacial score (nSPS) is 11.1. The molecule has 3 aromatic rings. The van der Waals surface area contributed by atoms with Gasteiger partial charge in [0.2, 0.25) is 0 Å². The summed E-state index contributed by atoms with van der Waals surface area (Å²) in [5.41, 5.74) is 2.21. The number of aliphatic hydroxyl groups excluding tert-OH is 1. The van der Waals surface area contributed by atoms with Crippen molar-refractivity contribution in [1.82, 2.24) is 14.5 Å². The van der Waals surface area contributed by atoms with Gasteiger partial charge in [0.1, 0.15) is 10.6 Å². The number of benzene rings is 1. The Morgan fingerprint density at radius 2 is 2.10 bits per heavy atom. The van der Waals surface area contributed by atoms with Crippen LogP contribution in [-0.2, 0) is 6.54 Å². The fourth-order valence-corrected chi connectivity index (χ4v) is 3.78. The third kappa shape index (κ3) is 4.63. The fourth-order valence-electron chi connectivity index (χ4n) is 3.15. The van der Waals surface area contributed by atoms with Crippen molar-refractivity contribution >= 4 is 17.2 Å². The van der Waals surface area contributed by atoms with Crippen LogP contribution in [0.25, 0.3) is 5.69 Å². The Kier molecular flexibility index (Phi) is 6.61. The standard InChI is InChI=1S/C22H25N3O3S/c1-15(2)17-5-4-6-18(13-17)25-9-7-16(3)20(22(25)28)21(27)24(10-11-26)14-19-23-8-12-29-19/h4-9,12-13,15,26H,10-11,14H2,1-3H3. The van der Waals surface area contributed by atoms with E-state index in [1.807, 2.05) is 29.6 Å². The molecule has 1 N–H and O–H groups in total. The van der Waals surface area contributed by atoms with Gasteiger partial charge in [-0.25, -0.2) is 4.98 Å². The summed E-state index contributed by atoms with van der Waals surface area (Å²) in [6, 6.07) is 9.54. The zero-order chi connectivity index (χ0) is 21.0. The molecule has 7 heteroatoms. The van der Waals surface area contributed by atoms with Gasteiger partial charge in [-0.15, -0.1) is 11.3 Å². The van der Waals surface area contributed by atoms with E-state index in [4.69, 9.17) is 0 Å². The molecular weight excluding hydrogens is 386 g/mol. The summed E-state index contributed by atoms with van der Waals surface area (Å²) >= 11 is 1.43. The molecule has 152 valence electrons. The monoisotopic (exact) mass is 411 g/mol. The number of amides is 1. The summed E-state index contributed by atoms with van der Waals surface area (Å²) in [6.45, 7) is 6.15. The van der Waals surface area contributed by atoms with Crippen molar-refractivity contribution in [2.45, 2.75) is 33.2 Å². The summed E-state index contributed by atoms with van der Waals surface area (Å²) in [7, 11) is 0. The van der Waals surface area contributed by atoms with Gasteiger partial charge >= 0.3 is 0 Å². The summed E-state index contributed by atoms with van der Waals surface area (Å²) < 4.78 is 1.51. The van der Waals surface area contributed by atoms with Gasteiger partial charge in [-0.2, -0.15) is 0 Å². The Morgan fingerprint density at radius 3 is 2.76 bits per heavy atom. The predicted molar refractivity (Wildman–Crippen MR) is 115 cm³/mol. The number of hydrogen-bond donors (Lipinski definition) is 1.